The lowest BCUT2D eigenvalue weighted by molar-refractivity contribution is -0.145. The summed E-state index contributed by atoms with van der Waals surface area (Å²) >= 11 is 1.56. The van der Waals surface area contributed by atoms with Crippen LogP contribution in [0.5, 0.6) is 0 Å². The Balaban J connectivity index is 4.14. The highest BCUT2D eigenvalue weighted by Gasteiger charge is 2.22. The van der Waals surface area contributed by atoms with Crippen LogP contribution >= 0.6 is 11.8 Å². The largest absolute Gasteiger partial charge is 0.451 e. The van der Waals surface area contributed by atoms with Crippen LogP contribution in [0.2, 0.25) is 0 Å². The van der Waals surface area contributed by atoms with Gasteiger partial charge in [-0.3, -0.25) is 9.59 Å². The van der Waals surface area contributed by atoms with Gasteiger partial charge in [0.2, 0.25) is 0 Å². The van der Waals surface area contributed by atoms with Crippen LogP contribution in [-0.4, -0.2) is 22.8 Å². The van der Waals surface area contributed by atoms with Crippen molar-refractivity contribution in [2.75, 3.05) is 0 Å². The number of hydrogen-bond acceptors (Lipinski definition) is 5. The normalized spacial score (nSPS) is 12.7. The van der Waals surface area contributed by atoms with Crippen LogP contribution in [0.1, 0.15) is 246 Å². The number of thioether (sulfide) groups is 1. The van der Waals surface area contributed by atoms with E-state index >= 15 is 0 Å². The molecule has 2 atom stereocenters. The van der Waals surface area contributed by atoms with Crippen LogP contribution in [0.4, 0.5) is 0 Å². The maximum Gasteiger partial charge on any atom is 0.306 e. The average Bonchev–Trinajstić information content (AvgIpc) is 3.07. The molecule has 0 fully saturated rings. The molecule has 47 heavy (non-hydrogen) atoms. The van der Waals surface area contributed by atoms with E-state index in [1.54, 1.807) is 11.8 Å². The second-order valence-electron chi connectivity index (χ2n) is 14.2. The number of carbonyl (C=O) groups is 2. The summed E-state index contributed by atoms with van der Waals surface area (Å²) in [5, 5.41) is 0. The predicted octanol–water partition coefficient (Wildman–Crippen LogP) is 14.8. The fraction of sp³-hybridized carbons (Fsp3) is 0.952. The molecular weight excluding hydrogens is 601 g/mol. The Bertz CT molecular complexity index is 601. The Kier molecular flexibility index (Phi) is 37.5. The van der Waals surface area contributed by atoms with Crippen LogP contribution < -0.4 is 0 Å². The van der Waals surface area contributed by atoms with Crippen molar-refractivity contribution in [2.24, 2.45) is 0 Å². The Labute approximate surface area is 298 Å². The summed E-state index contributed by atoms with van der Waals surface area (Å²) in [6.45, 7) is 8.27. The van der Waals surface area contributed by atoms with Crippen molar-refractivity contribution in [3.05, 3.63) is 0 Å². The van der Waals surface area contributed by atoms with Crippen molar-refractivity contribution in [2.45, 2.75) is 257 Å². The van der Waals surface area contributed by atoms with Crippen LogP contribution in [0, 0.1) is 0 Å². The van der Waals surface area contributed by atoms with Crippen molar-refractivity contribution in [1.82, 2.24) is 0 Å². The molecule has 0 aliphatic rings. The summed E-state index contributed by atoms with van der Waals surface area (Å²) in [7, 11) is 0. The molecule has 0 rings (SSSR count). The fourth-order valence-electron chi connectivity index (χ4n) is 6.30. The van der Waals surface area contributed by atoms with E-state index in [0.717, 1.165) is 25.7 Å². The van der Waals surface area contributed by atoms with Gasteiger partial charge < -0.3 is 9.47 Å². The first-order valence-corrected chi connectivity index (χ1v) is 22.1. The van der Waals surface area contributed by atoms with Crippen molar-refractivity contribution in [1.29, 1.82) is 0 Å². The summed E-state index contributed by atoms with van der Waals surface area (Å²) in [5.74, 6) is -0.313. The van der Waals surface area contributed by atoms with E-state index in [9.17, 15) is 9.59 Å². The molecule has 0 radical (unpaired) electrons. The molecule has 0 heterocycles. The highest BCUT2D eigenvalue weighted by molar-refractivity contribution is 8.00. The van der Waals surface area contributed by atoms with Crippen LogP contribution in [-0.2, 0) is 19.1 Å². The third kappa shape index (κ3) is 34.9. The number of ether oxygens (including phenoxy) is 2. The molecule has 2 unspecified atom stereocenters. The Morgan fingerprint density at radius 1 is 0.362 bits per heavy atom. The van der Waals surface area contributed by atoms with Gasteiger partial charge in [0.15, 0.2) is 10.9 Å². The quantitative estimate of drug-likeness (QED) is 0.0368. The van der Waals surface area contributed by atoms with Crippen molar-refractivity contribution >= 4 is 23.7 Å². The predicted molar refractivity (Wildman–Crippen MR) is 207 cm³/mol. The highest BCUT2D eigenvalue weighted by Crippen LogP contribution is 2.29. The van der Waals surface area contributed by atoms with Crippen molar-refractivity contribution in [3.8, 4) is 0 Å². The first-order chi connectivity index (χ1) is 23.1. The second kappa shape index (κ2) is 38.1. The molecule has 0 saturated carbocycles. The van der Waals surface area contributed by atoms with E-state index in [4.69, 9.17) is 9.47 Å². The SMILES string of the molecule is CCCCCCCCCCCCCCCCCC(OC(=O)CC)SC(CCCCCCCCCCCCCCCCC)OC(=O)CC. The zero-order valence-corrected chi connectivity index (χ0v) is 33.1. The summed E-state index contributed by atoms with van der Waals surface area (Å²) < 4.78 is 11.7. The first-order valence-electron chi connectivity index (χ1n) is 21.1. The molecule has 0 N–H and O–H groups in total. The molecule has 0 aromatic heterocycles. The molecule has 280 valence electrons. The number of carbonyl (C=O) groups excluding carboxylic acids is 2. The first kappa shape index (κ1) is 46.3. The van der Waals surface area contributed by atoms with E-state index in [2.05, 4.69) is 13.8 Å². The summed E-state index contributed by atoms with van der Waals surface area (Å²) in [6.07, 6.45) is 42.7. The fourth-order valence-corrected chi connectivity index (χ4v) is 7.57. The number of esters is 2. The molecular formula is C42H82O4S. The summed E-state index contributed by atoms with van der Waals surface area (Å²) in [4.78, 5) is 24.4. The highest BCUT2D eigenvalue weighted by atomic mass is 32.2. The molecule has 0 aliphatic carbocycles. The molecule has 0 amide bonds. The zero-order valence-electron chi connectivity index (χ0n) is 32.2. The third-order valence-electron chi connectivity index (χ3n) is 9.49. The summed E-state index contributed by atoms with van der Waals surface area (Å²) in [5.41, 5.74) is -0.453. The van der Waals surface area contributed by atoms with Crippen LogP contribution in [0.15, 0.2) is 0 Å². The molecule has 0 saturated heterocycles. The van der Waals surface area contributed by atoms with E-state index in [1.165, 1.54) is 180 Å². The Morgan fingerprint density at radius 2 is 0.574 bits per heavy atom. The number of rotatable bonds is 38. The van der Waals surface area contributed by atoms with Gasteiger partial charge in [0.25, 0.3) is 0 Å². The van der Waals surface area contributed by atoms with Gasteiger partial charge in [0.05, 0.1) is 0 Å². The molecule has 4 nitrogen and oxygen atoms in total. The molecule has 0 bridgehead atoms. The summed E-state index contributed by atoms with van der Waals surface area (Å²) in [6, 6.07) is 0. The van der Waals surface area contributed by atoms with E-state index in [1.807, 2.05) is 13.8 Å². The topological polar surface area (TPSA) is 52.6 Å². The van der Waals surface area contributed by atoms with Crippen LogP contribution in [0.3, 0.4) is 0 Å². The molecule has 0 spiro atoms. The minimum atomic E-state index is -0.226. The lowest BCUT2D eigenvalue weighted by atomic mass is 10.0. The monoisotopic (exact) mass is 683 g/mol. The van der Waals surface area contributed by atoms with Gasteiger partial charge >= 0.3 is 11.9 Å². The molecule has 0 aliphatic heterocycles. The van der Waals surface area contributed by atoms with Gasteiger partial charge in [0, 0.05) is 12.8 Å². The van der Waals surface area contributed by atoms with E-state index < -0.39 is 0 Å². The van der Waals surface area contributed by atoms with Gasteiger partial charge in [-0.2, -0.15) is 0 Å². The van der Waals surface area contributed by atoms with Gasteiger partial charge in [-0.15, -0.1) is 0 Å². The second-order valence-corrected chi connectivity index (χ2v) is 15.5. The average molecular weight is 683 g/mol. The van der Waals surface area contributed by atoms with Crippen LogP contribution in [0.25, 0.3) is 0 Å². The minimum Gasteiger partial charge on any atom is -0.451 e. The minimum absolute atomic E-state index is 0.156. The molecule has 5 heteroatoms. The maximum absolute atomic E-state index is 12.2. The van der Waals surface area contributed by atoms with Gasteiger partial charge in [-0.05, 0) is 25.7 Å². The lowest BCUT2D eigenvalue weighted by Gasteiger charge is -2.23. The Morgan fingerprint density at radius 3 is 0.787 bits per heavy atom. The maximum atomic E-state index is 12.2. The Hall–Kier alpha value is -0.710. The standard InChI is InChI=1S/C42H82O4S/c1-5-9-11-13-15-17-19-21-23-25-27-29-31-33-35-37-41(45-39(43)7-3)47-42(46-40(44)8-4)38-36-34-32-30-28-26-24-22-20-18-16-14-12-10-6-2/h41-42H,5-38H2,1-4H3. The lowest BCUT2D eigenvalue weighted by Crippen LogP contribution is -2.22. The van der Waals surface area contributed by atoms with E-state index in [0.29, 0.717) is 12.8 Å². The van der Waals surface area contributed by atoms with Crippen molar-refractivity contribution < 1.29 is 19.1 Å². The van der Waals surface area contributed by atoms with Gasteiger partial charge in [-0.25, -0.2) is 0 Å². The van der Waals surface area contributed by atoms with E-state index in [-0.39, 0.29) is 22.8 Å². The third-order valence-corrected chi connectivity index (χ3v) is 10.8. The van der Waals surface area contributed by atoms with Gasteiger partial charge in [0.1, 0.15) is 0 Å². The smallest absolute Gasteiger partial charge is 0.306 e. The van der Waals surface area contributed by atoms with Gasteiger partial charge in [-0.1, -0.05) is 219 Å². The number of unbranched alkanes of at least 4 members (excludes halogenated alkanes) is 28. The van der Waals surface area contributed by atoms with Crippen molar-refractivity contribution in [3.63, 3.8) is 0 Å². The molecule has 0 aromatic carbocycles. The number of hydrogen-bond donors (Lipinski definition) is 0. The zero-order chi connectivity index (χ0) is 34.5. The molecule has 0 aromatic rings.